The van der Waals surface area contributed by atoms with Gasteiger partial charge in [-0.15, -0.1) is 0 Å². The predicted molar refractivity (Wildman–Crippen MR) is 85.6 cm³/mol. The molecule has 1 saturated heterocycles. The van der Waals surface area contributed by atoms with E-state index < -0.39 is 5.91 Å². The first-order valence-corrected chi connectivity index (χ1v) is 7.34. The molecule has 0 spiro atoms. The lowest BCUT2D eigenvalue weighted by atomic mass is 10.0. The van der Waals surface area contributed by atoms with E-state index in [-0.39, 0.29) is 36.5 Å². The number of alkyl halides is 1. The first kappa shape index (κ1) is 21.0. The fourth-order valence-corrected chi connectivity index (χ4v) is 2.19. The molecule has 1 fully saturated rings. The number of aliphatic imine (C=N–C) groups is 1. The molecule has 6 N–H and O–H groups in total. The Morgan fingerprint density at radius 2 is 2.13 bits per heavy atom. The van der Waals surface area contributed by atoms with Crippen LogP contribution in [-0.2, 0) is 4.74 Å². The molecule has 0 bridgehead atoms. The van der Waals surface area contributed by atoms with Crippen LogP contribution in [-0.4, -0.2) is 46.8 Å². The van der Waals surface area contributed by atoms with Crippen molar-refractivity contribution in [3.8, 4) is 0 Å². The van der Waals surface area contributed by atoms with E-state index in [1.165, 1.54) is 6.20 Å². The normalized spacial score (nSPS) is 22.3. The van der Waals surface area contributed by atoms with Gasteiger partial charge in [-0.05, 0) is 12.3 Å². The molecule has 1 amide bonds. The van der Waals surface area contributed by atoms with Crippen LogP contribution in [0.1, 0.15) is 49.6 Å². The molecule has 2 unspecified atom stereocenters. The van der Waals surface area contributed by atoms with Crippen LogP contribution in [0.5, 0.6) is 0 Å². The molecule has 0 aromatic carbocycles. The number of hydrogen-bond acceptors (Lipinski definition) is 4. The fourth-order valence-electron chi connectivity index (χ4n) is 2.19. The number of H-pyrrole nitrogens is 1. The van der Waals surface area contributed by atoms with Crippen molar-refractivity contribution < 1.29 is 19.0 Å². The molecule has 1 aliphatic rings. The molecule has 0 aliphatic carbocycles. The van der Waals surface area contributed by atoms with Crippen LogP contribution in [0, 0.1) is 5.92 Å². The van der Waals surface area contributed by atoms with Gasteiger partial charge >= 0.3 is 5.91 Å². The van der Waals surface area contributed by atoms with Crippen LogP contribution >= 0.6 is 0 Å². The number of nitrogens with two attached hydrogens (primary N) is 2. The number of nitrogens with zero attached hydrogens (tertiary/aromatic N) is 2. The van der Waals surface area contributed by atoms with Crippen LogP contribution in [0.15, 0.2) is 11.2 Å². The third kappa shape index (κ3) is 5.95. The van der Waals surface area contributed by atoms with Gasteiger partial charge in [0.05, 0.1) is 31.8 Å². The van der Waals surface area contributed by atoms with E-state index in [1.807, 2.05) is 20.8 Å². The molecule has 23 heavy (non-hydrogen) atoms. The van der Waals surface area contributed by atoms with Gasteiger partial charge in [-0.1, -0.05) is 20.8 Å². The number of halogens is 1. The minimum absolute atomic E-state index is 0.0191. The second-order valence-electron chi connectivity index (χ2n) is 4.60. The topological polar surface area (TPSA) is 140 Å². The molecule has 1 aliphatic heterocycles. The van der Waals surface area contributed by atoms with Gasteiger partial charge < -0.3 is 26.3 Å². The molecule has 3 atom stereocenters. The zero-order chi connectivity index (χ0) is 18.0. The lowest BCUT2D eigenvalue weighted by molar-refractivity contribution is 0.00345. The SMILES string of the molecule is CC.CC1CC(CO)O[C@H]1c1cnc(C(=O)N=C(N)N)[nH]1.CF. The Balaban J connectivity index is 0.00000112. The highest BCUT2D eigenvalue weighted by molar-refractivity contribution is 5.99. The Hall–Kier alpha value is -2.00. The summed E-state index contributed by atoms with van der Waals surface area (Å²) in [5.41, 5.74) is 10.9. The van der Waals surface area contributed by atoms with Crippen molar-refractivity contribution in [3.05, 3.63) is 17.7 Å². The summed E-state index contributed by atoms with van der Waals surface area (Å²) in [4.78, 5) is 21.7. The van der Waals surface area contributed by atoms with Crippen LogP contribution in [0.3, 0.4) is 0 Å². The zero-order valence-corrected chi connectivity index (χ0v) is 13.9. The predicted octanol–water partition coefficient (Wildman–Crippen LogP) is 0.894. The van der Waals surface area contributed by atoms with Gasteiger partial charge in [0.2, 0.25) is 0 Å². The number of aromatic amines is 1. The Morgan fingerprint density at radius 1 is 1.52 bits per heavy atom. The summed E-state index contributed by atoms with van der Waals surface area (Å²) in [6.07, 6.45) is 1.89. The molecule has 0 saturated carbocycles. The maximum absolute atomic E-state index is 11.6. The Labute approximate surface area is 135 Å². The van der Waals surface area contributed by atoms with E-state index in [4.69, 9.17) is 21.3 Å². The summed E-state index contributed by atoms with van der Waals surface area (Å²) in [5, 5.41) is 9.09. The molecule has 2 rings (SSSR count). The number of aliphatic hydroxyl groups excluding tert-OH is 1. The van der Waals surface area contributed by atoms with Crippen molar-refractivity contribution in [2.24, 2.45) is 22.4 Å². The van der Waals surface area contributed by atoms with Gasteiger partial charge in [0, 0.05) is 0 Å². The number of guanidine groups is 1. The van der Waals surface area contributed by atoms with Crippen molar-refractivity contribution in [3.63, 3.8) is 0 Å². The Morgan fingerprint density at radius 3 is 2.61 bits per heavy atom. The number of nitrogens with one attached hydrogen (secondary N) is 1. The first-order chi connectivity index (χ1) is 11.0. The monoisotopic (exact) mass is 331 g/mol. The standard InChI is InChI=1S/C11H17N5O3.C2H6.CH3F/c1-5-2-6(4-17)19-8(5)7-3-14-9(15-7)10(18)16-11(12)13;2*1-2/h3,5-6,8,17H,2,4H2,1H3,(H,14,15)(H4,12,13,16,18);1-2H3;1H3/t5?,6?,8-;;/m1../s1. The average Bonchev–Trinajstić information content (AvgIpc) is 3.17. The minimum atomic E-state index is -0.629. The lowest BCUT2D eigenvalue weighted by Crippen LogP contribution is -2.24. The average molecular weight is 331 g/mol. The number of rotatable bonds is 3. The molecular formula is C14H26FN5O3. The van der Waals surface area contributed by atoms with Gasteiger partial charge in [-0.2, -0.15) is 4.99 Å². The molecule has 132 valence electrons. The summed E-state index contributed by atoms with van der Waals surface area (Å²) in [5.74, 6) is -0.653. The number of imidazole rings is 1. The Bertz CT molecular complexity index is 502. The largest absolute Gasteiger partial charge is 0.394 e. The second kappa shape index (κ2) is 10.7. The fraction of sp³-hybridized carbons (Fsp3) is 0.643. The quantitative estimate of drug-likeness (QED) is 0.479. The zero-order valence-electron chi connectivity index (χ0n) is 13.9. The number of hydrogen-bond donors (Lipinski definition) is 4. The third-order valence-corrected chi connectivity index (χ3v) is 3.03. The number of carbonyl (C=O) groups excluding carboxylic acids is 1. The highest BCUT2D eigenvalue weighted by Crippen LogP contribution is 2.36. The molecule has 2 heterocycles. The number of carbonyl (C=O) groups is 1. The molecule has 0 radical (unpaired) electrons. The van der Waals surface area contributed by atoms with E-state index >= 15 is 0 Å². The summed E-state index contributed by atoms with van der Waals surface area (Å²) in [6.45, 7) is 5.99. The number of aliphatic hydroxyl groups is 1. The van der Waals surface area contributed by atoms with Crippen LogP contribution in [0.4, 0.5) is 4.39 Å². The van der Waals surface area contributed by atoms with E-state index in [0.717, 1.165) is 6.42 Å². The van der Waals surface area contributed by atoms with Crippen molar-refractivity contribution in [2.75, 3.05) is 13.8 Å². The van der Waals surface area contributed by atoms with Crippen molar-refractivity contribution >= 4 is 11.9 Å². The summed E-state index contributed by atoms with van der Waals surface area (Å²) >= 11 is 0. The second-order valence-corrected chi connectivity index (χ2v) is 4.60. The van der Waals surface area contributed by atoms with Crippen molar-refractivity contribution in [1.29, 1.82) is 0 Å². The maximum Gasteiger partial charge on any atom is 0.315 e. The van der Waals surface area contributed by atoms with Crippen LogP contribution < -0.4 is 11.5 Å². The summed E-state index contributed by atoms with van der Waals surface area (Å²) in [7, 11) is 0.500. The molecule has 1 aromatic rings. The number of amides is 1. The van der Waals surface area contributed by atoms with Crippen LogP contribution in [0.25, 0.3) is 0 Å². The van der Waals surface area contributed by atoms with Gasteiger partial charge in [-0.25, -0.2) is 4.98 Å². The van der Waals surface area contributed by atoms with E-state index in [2.05, 4.69) is 15.0 Å². The van der Waals surface area contributed by atoms with Crippen molar-refractivity contribution in [1.82, 2.24) is 9.97 Å². The smallest absolute Gasteiger partial charge is 0.315 e. The number of aromatic nitrogens is 2. The molecular weight excluding hydrogens is 305 g/mol. The molecule has 1 aromatic heterocycles. The molecule has 9 heteroatoms. The van der Waals surface area contributed by atoms with E-state index in [1.54, 1.807) is 0 Å². The van der Waals surface area contributed by atoms with E-state index in [0.29, 0.717) is 12.9 Å². The highest BCUT2D eigenvalue weighted by atomic mass is 19.1. The minimum Gasteiger partial charge on any atom is -0.394 e. The molecule has 8 nitrogen and oxygen atoms in total. The third-order valence-electron chi connectivity index (χ3n) is 3.03. The number of ether oxygens (including phenoxy) is 1. The lowest BCUT2D eigenvalue weighted by Gasteiger charge is -2.12. The maximum atomic E-state index is 11.6. The van der Waals surface area contributed by atoms with Crippen molar-refractivity contribution in [2.45, 2.75) is 39.4 Å². The van der Waals surface area contributed by atoms with Crippen LogP contribution in [0.2, 0.25) is 0 Å². The first-order valence-electron chi connectivity index (χ1n) is 7.34. The van der Waals surface area contributed by atoms with Gasteiger partial charge in [0.25, 0.3) is 0 Å². The van der Waals surface area contributed by atoms with Gasteiger partial charge in [0.15, 0.2) is 11.8 Å². The summed E-state index contributed by atoms with van der Waals surface area (Å²) in [6, 6.07) is 0. The highest BCUT2D eigenvalue weighted by Gasteiger charge is 2.34. The van der Waals surface area contributed by atoms with E-state index in [9.17, 15) is 9.18 Å². The Kier molecular flexibility index (Phi) is 9.75. The van der Waals surface area contributed by atoms with Gasteiger partial charge in [-0.3, -0.25) is 9.18 Å². The summed E-state index contributed by atoms with van der Waals surface area (Å²) < 4.78 is 15.2. The van der Waals surface area contributed by atoms with Gasteiger partial charge in [0.1, 0.15) is 6.10 Å².